The first-order valence-electron chi connectivity index (χ1n) is 9.84. The molecular weight excluding hydrogens is 347 g/mol. The van der Waals surface area contributed by atoms with E-state index < -0.39 is 0 Å². The molecule has 27 heavy (non-hydrogen) atoms. The summed E-state index contributed by atoms with van der Waals surface area (Å²) in [5.74, 6) is 0.0165. The summed E-state index contributed by atoms with van der Waals surface area (Å²) in [4.78, 5) is 28.5. The Balaban J connectivity index is 1.55. The van der Waals surface area contributed by atoms with Gasteiger partial charge in [0.05, 0.1) is 6.42 Å². The SMILES string of the molecule is Cc1cc(CC(=O)N2CCC3(CCC(=O)N(CCCO)C3)CC2)ccc1F. The predicted molar refractivity (Wildman–Crippen MR) is 101 cm³/mol. The molecule has 0 aromatic heterocycles. The van der Waals surface area contributed by atoms with E-state index in [0.29, 0.717) is 44.5 Å². The molecule has 148 valence electrons. The molecule has 0 aliphatic carbocycles. The van der Waals surface area contributed by atoms with Crippen molar-refractivity contribution in [3.05, 3.63) is 35.1 Å². The van der Waals surface area contributed by atoms with Crippen molar-refractivity contribution in [2.75, 3.05) is 32.8 Å². The Morgan fingerprint density at radius 3 is 2.67 bits per heavy atom. The summed E-state index contributed by atoms with van der Waals surface area (Å²) in [7, 11) is 0. The minimum absolute atomic E-state index is 0.0832. The number of aliphatic hydroxyl groups excluding tert-OH is 1. The lowest BCUT2D eigenvalue weighted by Gasteiger charge is -2.47. The largest absolute Gasteiger partial charge is 0.396 e. The van der Waals surface area contributed by atoms with Crippen molar-refractivity contribution in [1.82, 2.24) is 9.80 Å². The fraction of sp³-hybridized carbons (Fsp3) is 0.619. The number of aliphatic hydroxyl groups is 1. The maximum Gasteiger partial charge on any atom is 0.226 e. The number of halogens is 1. The van der Waals surface area contributed by atoms with Gasteiger partial charge in [0.15, 0.2) is 0 Å². The molecule has 5 nitrogen and oxygen atoms in total. The van der Waals surface area contributed by atoms with Gasteiger partial charge in [-0.2, -0.15) is 0 Å². The second-order valence-corrected chi connectivity index (χ2v) is 8.03. The summed E-state index contributed by atoms with van der Waals surface area (Å²) in [5, 5.41) is 9.03. The lowest BCUT2D eigenvalue weighted by atomic mass is 9.72. The van der Waals surface area contributed by atoms with Crippen molar-refractivity contribution >= 4 is 11.8 Å². The van der Waals surface area contributed by atoms with Gasteiger partial charge in [0, 0.05) is 39.2 Å². The number of hydrogen-bond donors (Lipinski definition) is 1. The van der Waals surface area contributed by atoms with Crippen LogP contribution in [0.1, 0.15) is 43.2 Å². The first kappa shape index (κ1) is 19.8. The van der Waals surface area contributed by atoms with Crippen molar-refractivity contribution in [3.63, 3.8) is 0 Å². The molecule has 2 aliphatic rings. The van der Waals surface area contributed by atoms with Crippen LogP contribution in [-0.2, 0) is 16.0 Å². The van der Waals surface area contributed by atoms with E-state index in [1.54, 1.807) is 19.1 Å². The number of amides is 2. The Bertz CT molecular complexity index is 699. The van der Waals surface area contributed by atoms with Crippen LogP contribution in [0.5, 0.6) is 0 Å². The molecule has 2 fully saturated rings. The van der Waals surface area contributed by atoms with Gasteiger partial charge >= 0.3 is 0 Å². The number of hydrogen-bond acceptors (Lipinski definition) is 3. The minimum atomic E-state index is -0.247. The first-order valence-corrected chi connectivity index (χ1v) is 9.84. The minimum Gasteiger partial charge on any atom is -0.396 e. The third kappa shape index (κ3) is 4.67. The van der Waals surface area contributed by atoms with Crippen LogP contribution in [0.3, 0.4) is 0 Å². The maximum absolute atomic E-state index is 13.4. The molecule has 2 saturated heterocycles. The highest BCUT2D eigenvalue weighted by Crippen LogP contribution is 2.40. The molecule has 1 N–H and O–H groups in total. The molecule has 0 unspecified atom stereocenters. The van der Waals surface area contributed by atoms with Crippen LogP contribution in [0.15, 0.2) is 18.2 Å². The quantitative estimate of drug-likeness (QED) is 0.858. The number of aryl methyl sites for hydroxylation is 1. The number of nitrogens with zero attached hydrogens (tertiary/aromatic N) is 2. The number of likely N-dealkylation sites (tertiary alicyclic amines) is 2. The van der Waals surface area contributed by atoms with Gasteiger partial charge in [-0.05, 0) is 55.2 Å². The summed E-state index contributed by atoms with van der Waals surface area (Å²) in [6, 6.07) is 4.84. The summed E-state index contributed by atoms with van der Waals surface area (Å²) in [6.07, 6.45) is 4.18. The van der Waals surface area contributed by atoms with Gasteiger partial charge in [-0.1, -0.05) is 12.1 Å². The Labute approximate surface area is 160 Å². The van der Waals surface area contributed by atoms with Crippen LogP contribution < -0.4 is 0 Å². The molecule has 2 amide bonds. The van der Waals surface area contributed by atoms with Crippen molar-refractivity contribution in [1.29, 1.82) is 0 Å². The zero-order chi connectivity index (χ0) is 19.4. The second-order valence-electron chi connectivity index (χ2n) is 8.03. The number of rotatable bonds is 5. The van der Waals surface area contributed by atoms with Gasteiger partial charge in [-0.3, -0.25) is 9.59 Å². The van der Waals surface area contributed by atoms with E-state index in [2.05, 4.69) is 0 Å². The molecule has 1 aromatic rings. The average molecular weight is 376 g/mol. The molecule has 0 bridgehead atoms. The zero-order valence-corrected chi connectivity index (χ0v) is 16.0. The highest BCUT2D eigenvalue weighted by Gasteiger charge is 2.41. The highest BCUT2D eigenvalue weighted by molar-refractivity contribution is 5.79. The average Bonchev–Trinajstić information content (AvgIpc) is 2.66. The van der Waals surface area contributed by atoms with Gasteiger partial charge in [-0.15, -0.1) is 0 Å². The van der Waals surface area contributed by atoms with E-state index >= 15 is 0 Å². The van der Waals surface area contributed by atoms with Crippen LogP contribution in [-0.4, -0.2) is 59.5 Å². The Morgan fingerprint density at radius 1 is 1.26 bits per heavy atom. The molecule has 3 rings (SSSR count). The van der Waals surface area contributed by atoms with Gasteiger partial charge in [-0.25, -0.2) is 4.39 Å². The van der Waals surface area contributed by atoms with Crippen LogP contribution in [0, 0.1) is 18.2 Å². The summed E-state index contributed by atoms with van der Waals surface area (Å²) >= 11 is 0. The molecule has 2 aliphatic heterocycles. The Hall–Kier alpha value is -1.95. The lowest BCUT2D eigenvalue weighted by Crippen LogP contribution is -2.52. The van der Waals surface area contributed by atoms with Crippen molar-refractivity contribution in [2.24, 2.45) is 5.41 Å². The summed E-state index contributed by atoms with van der Waals surface area (Å²) < 4.78 is 13.4. The third-order valence-corrected chi connectivity index (χ3v) is 6.09. The third-order valence-electron chi connectivity index (χ3n) is 6.09. The normalized spacial score (nSPS) is 19.6. The van der Waals surface area contributed by atoms with Crippen LogP contribution >= 0.6 is 0 Å². The van der Waals surface area contributed by atoms with E-state index in [0.717, 1.165) is 31.4 Å². The topological polar surface area (TPSA) is 60.9 Å². The number of piperidine rings is 2. The molecule has 0 radical (unpaired) electrons. The van der Waals surface area contributed by atoms with Crippen LogP contribution in [0.25, 0.3) is 0 Å². The summed E-state index contributed by atoms with van der Waals surface area (Å²) in [5.41, 5.74) is 1.51. The molecule has 6 heteroatoms. The smallest absolute Gasteiger partial charge is 0.226 e. The van der Waals surface area contributed by atoms with Crippen molar-refractivity contribution in [3.8, 4) is 0 Å². The monoisotopic (exact) mass is 376 g/mol. The van der Waals surface area contributed by atoms with Gasteiger partial charge in [0.25, 0.3) is 0 Å². The molecule has 2 heterocycles. The standard InChI is InChI=1S/C21H29FN2O3/c1-16-13-17(3-4-18(16)22)14-20(27)23-10-7-21(8-11-23)6-5-19(26)24(15-21)9-2-12-25/h3-4,13,25H,2,5-12,14-15H2,1H3. The van der Waals surface area contributed by atoms with Crippen LogP contribution in [0.4, 0.5) is 4.39 Å². The predicted octanol–water partition coefficient (Wildman–Crippen LogP) is 2.29. The van der Waals surface area contributed by atoms with E-state index in [-0.39, 0.29) is 29.7 Å². The van der Waals surface area contributed by atoms with Crippen molar-refractivity contribution < 1.29 is 19.1 Å². The number of carbonyl (C=O) groups excluding carboxylic acids is 2. The van der Waals surface area contributed by atoms with E-state index in [1.165, 1.54) is 6.07 Å². The molecule has 0 atom stereocenters. The fourth-order valence-corrected chi connectivity index (χ4v) is 4.31. The lowest BCUT2D eigenvalue weighted by molar-refractivity contribution is -0.142. The van der Waals surface area contributed by atoms with Gasteiger partial charge < -0.3 is 14.9 Å². The van der Waals surface area contributed by atoms with Crippen molar-refractivity contribution in [2.45, 2.75) is 45.4 Å². The van der Waals surface area contributed by atoms with E-state index in [9.17, 15) is 14.0 Å². The van der Waals surface area contributed by atoms with E-state index in [1.807, 2.05) is 9.80 Å². The zero-order valence-electron chi connectivity index (χ0n) is 16.0. The first-order chi connectivity index (χ1) is 12.9. The molecule has 1 aromatic carbocycles. The second kappa shape index (κ2) is 8.38. The van der Waals surface area contributed by atoms with Gasteiger partial charge in [0.2, 0.25) is 11.8 Å². The molecule has 0 saturated carbocycles. The fourth-order valence-electron chi connectivity index (χ4n) is 4.31. The Kier molecular flexibility index (Phi) is 6.15. The van der Waals surface area contributed by atoms with Gasteiger partial charge in [0.1, 0.15) is 5.82 Å². The summed E-state index contributed by atoms with van der Waals surface area (Å²) in [6.45, 7) is 4.58. The molecular formula is C21H29FN2O3. The number of carbonyl (C=O) groups is 2. The maximum atomic E-state index is 13.4. The Morgan fingerprint density at radius 2 is 2.00 bits per heavy atom. The van der Waals surface area contributed by atoms with E-state index in [4.69, 9.17) is 5.11 Å². The number of benzene rings is 1. The van der Waals surface area contributed by atoms with Crippen LogP contribution in [0.2, 0.25) is 0 Å². The highest BCUT2D eigenvalue weighted by atomic mass is 19.1. The molecule has 1 spiro atoms.